The average Bonchev–Trinajstić information content (AvgIpc) is 2.40. The Bertz CT molecular complexity index is 477. The van der Waals surface area contributed by atoms with Crippen molar-refractivity contribution in [2.24, 2.45) is 5.92 Å². The molecule has 8 heteroatoms. The van der Waals surface area contributed by atoms with Gasteiger partial charge in [0.05, 0.1) is 11.6 Å². The zero-order valence-electron chi connectivity index (χ0n) is 11.1. The van der Waals surface area contributed by atoms with Crippen molar-refractivity contribution in [2.45, 2.75) is 19.2 Å². The minimum Gasteiger partial charge on any atom is -0.404 e. The first-order valence-corrected chi connectivity index (χ1v) is 6.32. The quantitative estimate of drug-likeness (QED) is 0.899. The van der Waals surface area contributed by atoms with E-state index in [2.05, 4.69) is 15.4 Å². The van der Waals surface area contributed by atoms with Crippen LogP contribution in [0.5, 0.6) is 5.75 Å². The molecule has 0 unspecified atom stereocenters. The number of amides is 1. The third kappa shape index (κ3) is 5.43. The number of hydrogen-bond acceptors (Lipinski definition) is 3. The number of halogens is 4. The van der Waals surface area contributed by atoms with Crippen molar-refractivity contribution in [3.05, 3.63) is 24.3 Å². The minimum atomic E-state index is -4.78. The molecule has 0 saturated carbocycles. The summed E-state index contributed by atoms with van der Waals surface area (Å²) in [6.45, 7) is 1.39. The molecule has 1 aromatic carbocycles. The number of para-hydroxylation sites is 2. The molecule has 0 bridgehead atoms. The van der Waals surface area contributed by atoms with Crippen LogP contribution in [-0.4, -0.2) is 25.4 Å². The average molecular weight is 325 g/mol. The highest BCUT2D eigenvalue weighted by Crippen LogP contribution is 2.30. The minimum absolute atomic E-state index is 0. The molecule has 2 rings (SSSR count). The van der Waals surface area contributed by atoms with Crippen LogP contribution in [0.3, 0.4) is 0 Å². The lowest BCUT2D eigenvalue weighted by Gasteiger charge is -2.22. The molecular weight excluding hydrogens is 309 g/mol. The van der Waals surface area contributed by atoms with Crippen molar-refractivity contribution < 1.29 is 22.7 Å². The van der Waals surface area contributed by atoms with Gasteiger partial charge in [0, 0.05) is 6.54 Å². The third-order valence-electron chi connectivity index (χ3n) is 3.04. The number of hydrogen-bond donors (Lipinski definition) is 2. The van der Waals surface area contributed by atoms with E-state index < -0.39 is 12.1 Å². The molecule has 1 amide bonds. The summed E-state index contributed by atoms with van der Waals surface area (Å²) >= 11 is 0. The second kappa shape index (κ2) is 7.51. The van der Waals surface area contributed by atoms with Crippen molar-refractivity contribution in [1.29, 1.82) is 0 Å². The van der Waals surface area contributed by atoms with Gasteiger partial charge in [0.15, 0.2) is 5.75 Å². The molecule has 2 N–H and O–H groups in total. The van der Waals surface area contributed by atoms with Gasteiger partial charge in [-0.3, -0.25) is 4.79 Å². The zero-order valence-corrected chi connectivity index (χ0v) is 11.9. The Labute approximate surface area is 126 Å². The molecule has 1 aliphatic heterocycles. The Morgan fingerprint density at radius 1 is 1.33 bits per heavy atom. The van der Waals surface area contributed by atoms with Crippen LogP contribution in [0.1, 0.15) is 12.8 Å². The van der Waals surface area contributed by atoms with Gasteiger partial charge in [-0.2, -0.15) is 0 Å². The summed E-state index contributed by atoms with van der Waals surface area (Å²) in [4.78, 5) is 12.0. The molecule has 21 heavy (non-hydrogen) atoms. The topological polar surface area (TPSA) is 50.4 Å². The SMILES string of the molecule is Cl.O=C(Nc1ccccc1OC(F)(F)F)[C@@H]1CCCNC1. The van der Waals surface area contributed by atoms with Gasteiger partial charge in [0.25, 0.3) is 0 Å². The summed E-state index contributed by atoms with van der Waals surface area (Å²) in [6.07, 6.45) is -3.19. The Morgan fingerprint density at radius 3 is 2.67 bits per heavy atom. The second-order valence-electron chi connectivity index (χ2n) is 4.58. The van der Waals surface area contributed by atoms with Crippen LogP contribution in [0.2, 0.25) is 0 Å². The first kappa shape index (κ1) is 17.6. The molecule has 1 heterocycles. The van der Waals surface area contributed by atoms with Crippen molar-refractivity contribution in [1.82, 2.24) is 5.32 Å². The van der Waals surface area contributed by atoms with E-state index in [1.807, 2.05) is 0 Å². The number of nitrogens with one attached hydrogen (secondary N) is 2. The van der Waals surface area contributed by atoms with Gasteiger partial charge >= 0.3 is 6.36 Å². The number of anilines is 1. The molecule has 0 aliphatic carbocycles. The highest BCUT2D eigenvalue weighted by molar-refractivity contribution is 5.94. The number of piperidine rings is 1. The predicted octanol–water partition coefficient (Wildman–Crippen LogP) is 2.95. The van der Waals surface area contributed by atoms with Crippen LogP contribution in [0.25, 0.3) is 0 Å². The Balaban J connectivity index is 0.00000220. The summed E-state index contributed by atoms with van der Waals surface area (Å²) < 4.78 is 40.7. The van der Waals surface area contributed by atoms with E-state index in [0.29, 0.717) is 6.54 Å². The fourth-order valence-electron chi connectivity index (χ4n) is 2.09. The lowest BCUT2D eigenvalue weighted by Crippen LogP contribution is -2.37. The van der Waals surface area contributed by atoms with E-state index in [-0.39, 0.29) is 29.9 Å². The van der Waals surface area contributed by atoms with Crippen LogP contribution < -0.4 is 15.4 Å². The Hall–Kier alpha value is -1.47. The molecule has 1 aliphatic rings. The molecule has 1 atom stereocenters. The predicted molar refractivity (Wildman–Crippen MR) is 74.6 cm³/mol. The normalized spacial score (nSPS) is 18.5. The molecule has 1 fully saturated rings. The maximum atomic E-state index is 12.3. The largest absolute Gasteiger partial charge is 0.573 e. The van der Waals surface area contributed by atoms with Crippen LogP contribution >= 0.6 is 12.4 Å². The van der Waals surface area contributed by atoms with Gasteiger partial charge in [-0.05, 0) is 31.5 Å². The maximum absolute atomic E-state index is 12.3. The van der Waals surface area contributed by atoms with Crippen molar-refractivity contribution in [2.75, 3.05) is 18.4 Å². The zero-order chi connectivity index (χ0) is 14.6. The van der Waals surface area contributed by atoms with E-state index in [0.717, 1.165) is 19.4 Å². The smallest absolute Gasteiger partial charge is 0.404 e. The Kier molecular flexibility index (Phi) is 6.29. The summed E-state index contributed by atoms with van der Waals surface area (Å²) in [5, 5.41) is 5.58. The van der Waals surface area contributed by atoms with Gasteiger partial charge in [-0.1, -0.05) is 12.1 Å². The standard InChI is InChI=1S/C13H15F3N2O2.ClH/c14-13(15,16)20-11-6-2-1-5-10(11)18-12(19)9-4-3-7-17-8-9;/h1-2,5-6,9,17H,3-4,7-8H2,(H,18,19);1H/t9-;/m1./s1. The summed E-state index contributed by atoms with van der Waals surface area (Å²) in [6, 6.07) is 5.51. The van der Waals surface area contributed by atoms with Gasteiger partial charge in [0.1, 0.15) is 0 Å². The monoisotopic (exact) mass is 324 g/mol. The summed E-state index contributed by atoms with van der Waals surface area (Å²) in [5.41, 5.74) is 0.0281. The maximum Gasteiger partial charge on any atom is 0.573 e. The fraction of sp³-hybridized carbons (Fsp3) is 0.462. The number of ether oxygens (including phenoxy) is 1. The molecule has 1 saturated heterocycles. The van der Waals surface area contributed by atoms with E-state index in [4.69, 9.17) is 0 Å². The van der Waals surface area contributed by atoms with Crippen LogP contribution in [0.4, 0.5) is 18.9 Å². The van der Waals surface area contributed by atoms with E-state index in [1.165, 1.54) is 24.3 Å². The van der Waals surface area contributed by atoms with Crippen molar-refractivity contribution in [3.8, 4) is 5.75 Å². The highest BCUT2D eigenvalue weighted by Gasteiger charge is 2.32. The summed E-state index contributed by atoms with van der Waals surface area (Å²) in [7, 11) is 0. The van der Waals surface area contributed by atoms with Crippen LogP contribution in [-0.2, 0) is 4.79 Å². The molecule has 1 aromatic rings. The highest BCUT2D eigenvalue weighted by atomic mass is 35.5. The van der Waals surface area contributed by atoms with Crippen molar-refractivity contribution >= 4 is 24.0 Å². The fourth-order valence-corrected chi connectivity index (χ4v) is 2.09. The number of benzene rings is 1. The van der Waals surface area contributed by atoms with Gasteiger partial charge in [-0.25, -0.2) is 0 Å². The molecule has 4 nitrogen and oxygen atoms in total. The molecule has 0 aromatic heterocycles. The molecule has 0 spiro atoms. The summed E-state index contributed by atoms with van der Waals surface area (Å²) in [5.74, 6) is -0.935. The van der Waals surface area contributed by atoms with Crippen molar-refractivity contribution in [3.63, 3.8) is 0 Å². The number of carbonyl (C=O) groups is 1. The first-order chi connectivity index (χ1) is 9.46. The Morgan fingerprint density at radius 2 is 2.05 bits per heavy atom. The molecule has 0 radical (unpaired) electrons. The second-order valence-corrected chi connectivity index (χ2v) is 4.58. The molecular formula is C13H16ClF3N2O2. The molecule has 118 valence electrons. The van der Waals surface area contributed by atoms with E-state index in [1.54, 1.807) is 0 Å². The first-order valence-electron chi connectivity index (χ1n) is 6.32. The van der Waals surface area contributed by atoms with Crippen LogP contribution in [0, 0.1) is 5.92 Å². The van der Waals surface area contributed by atoms with E-state index in [9.17, 15) is 18.0 Å². The lowest BCUT2D eigenvalue weighted by atomic mass is 9.99. The lowest BCUT2D eigenvalue weighted by molar-refractivity contribution is -0.274. The number of carbonyl (C=O) groups excluding carboxylic acids is 1. The van der Waals surface area contributed by atoms with Gasteiger partial charge in [0.2, 0.25) is 5.91 Å². The number of rotatable bonds is 3. The van der Waals surface area contributed by atoms with Crippen LogP contribution in [0.15, 0.2) is 24.3 Å². The van der Waals surface area contributed by atoms with E-state index >= 15 is 0 Å². The third-order valence-corrected chi connectivity index (χ3v) is 3.04. The van der Waals surface area contributed by atoms with Gasteiger partial charge < -0.3 is 15.4 Å². The van der Waals surface area contributed by atoms with Gasteiger partial charge in [-0.15, -0.1) is 25.6 Å². The number of alkyl halides is 3.